The molecule has 8 heteroatoms. The zero-order valence-corrected chi connectivity index (χ0v) is 28.9. The minimum Gasteiger partial charge on any atom is -0.478 e. The SMILES string of the molecule is CCCCCCCCCCCCCCOC(=O)c1cc(C(=O)O)c(C(=O)OCCCCCCCCCCCCCC)cc1C(=O)O. The summed E-state index contributed by atoms with van der Waals surface area (Å²) in [6.07, 6.45) is 27.9. The monoisotopic (exact) mass is 646 g/mol. The molecule has 0 fully saturated rings. The van der Waals surface area contributed by atoms with Crippen LogP contribution >= 0.6 is 0 Å². The van der Waals surface area contributed by atoms with E-state index in [1.54, 1.807) is 0 Å². The average molecular weight is 647 g/mol. The molecular formula is C38H62O8. The molecule has 0 aliphatic carbocycles. The van der Waals surface area contributed by atoms with E-state index in [0.29, 0.717) is 12.8 Å². The van der Waals surface area contributed by atoms with Gasteiger partial charge in [-0.1, -0.05) is 155 Å². The predicted octanol–water partition coefficient (Wildman–Crippen LogP) is 10.8. The quantitative estimate of drug-likeness (QED) is 0.0624. The van der Waals surface area contributed by atoms with E-state index in [0.717, 1.165) is 50.7 Å². The molecule has 0 amide bonds. The minimum atomic E-state index is -1.45. The Hall–Kier alpha value is -2.90. The second-order valence-electron chi connectivity index (χ2n) is 12.6. The molecule has 0 atom stereocenters. The molecule has 8 nitrogen and oxygen atoms in total. The van der Waals surface area contributed by atoms with Crippen LogP contribution in [0.5, 0.6) is 0 Å². The lowest BCUT2D eigenvalue weighted by Crippen LogP contribution is -2.19. The van der Waals surface area contributed by atoms with Crippen molar-refractivity contribution in [2.75, 3.05) is 13.2 Å². The zero-order chi connectivity index (χ0) is 33.8. The summed E-state index contributed by atoms with van der Waals surface area (Å²) in [5.74, 6) is -4.74. The first-order chi connectivity index (χ1) is 22.3. The zero-order valence-electron chi connectivity index (χ0n) is 28.9. The number of carboxylic acid groups (broad SMARTS) is 2. The van der Waals surface area contributed by atoms with Crippen LogP contribution < -0.4 is 0 Å². The van der Waals surface area contributed by atoms with Crippen LogP contribution in [-0.4, -0.2) is 47.3 Å². The van der Waals surface area contributed by atoms with Crippen LogP contribution in [0.4, 0.5) is 0 Å². The number of rotatable bonds is 30. The van der Waals surface area contributed by atoms with Gasteiger partial charge in [-0.3, -0.25) is 0 Å². The van der Waals surface area contributed by atoms with Gasteiger partial charge in [0.05, 0.1) is 35.5 Å². The molecule has 0 spiro atoms. The fraction of sp³-hybridized carbons (Fsp3) is 0.737. The van der Waals surface area contributed by atoms with Gasteiger partial charge in [-0.15, -0.1) is 0 Å². The Morgan fingerprint density at radius 2 is 0.652 bits per heavy atom. The van der Waals surface area contributed by atoms with Crippen molar-refractivity contribution in [3.05, 3.63) is 34.4 Å². The topological polar surface area (TPSA) is 127 Å². The summed E-state index contributed by atoms with van der Waals surface area (Å²) in [4.78, 5) is 49.4. The summed E-state index contributed by atoms with van der Waals surface area (Å²) in [6, 6.07) is 1.83. The summed E-state index contributed by atoms with van der Waals surface area (Å²) >= 11 is 0. The lowest BCUT2D eigenvalue weighted by molar-refractivity contribution is 0.0472. The first-order valence-electron chi connectivity index (χ1n) is 18.3. The Morgan fingerprint density at radius 3 is 0.891 bits per heavy atom. The molecule has 0 radical (unpaired) electrons. The highest BCUT2D eigenvalue weighted by Crippen LogP contribution is 2.21. The number of carboxylic acids is 2. The van der Waals surface area contributed by atoms with Gasteiger partial charge in [0.25, 0.3) is 0 Å². The summed E-state index contributed by atoms with van der Waals surface area (Å²) in [7, 11) is 0. The second kappa shape index (κ2) is 27.2. The van der Waals surface area contributed by atoms with E-state index in [-0.39, 0.29) is 24.3 Å². The third-order valence-corrected chi connectivity index (χ3v) is 8.52. The average Bonchev–Trinajstić information content (AvgIpc) is 3.04. The van der Waals surface area contributed by atoms with Gasteiger partial charge in [-0.25, -0.2) is 19.2 Å². The van der Waals surface area contributed by atoms with Gasteiger partial charge in [0.1, 0.15) is 0 Å². The molecule has 0 aromatic heterocycles. The highest BCUT2D eigenvalue weighted by Gasteiger charge is 2.27. The molecule has 262 valence electrons. The van der Waals surface area contributed by atoms with Gasteiger partial charge in [-0.05, 0) is 25.0 Å². The van der Waals surface area contributed by atoms with Gasteiger partial charge in [0.2, 0.25) is 0 Å². The molecular weight excluding hydrogens is 584 g/mol. The van der Waals surface area contributed by atoms with Crippen molar-refractivity contribution < 1.29 is 38.9 Å². The fourth-order valence-electron chi connectivity index (χ4n) is 5.66. The third kappa shape index (κ3) is 18.9. The van der Waals surface area contributed by atoms with Crippen LogP contribution in [0.15, 0.2) is 12.1 Å². The summed E-state index contributed by atoms with van der Waals surface area (Å²) in [5.41, 5.74) is -1.74. The Labute approximate surface area is 278 Å². The van der Waals surface area contributed by atoms with Crippen molar-refractivity contribution in [1.29, 1.82) is 0 Å². The van der Waals surface area contributed by atoms with E-state index in [1.165, 1.54) is 103 Å². The van der Waals surface area contributed by atoms with Crippen molar-refractivity contribution in [1.82, 2.24) is 0 Å². The van der Waals surface area contributed by atoms with Crippen LogP contribution in [0.3, 0.4) is 0 Å². The third-order valence-electron chi connectivity index (χ3n) is 8.52. The molecule has 1 aromatic carbocycles. The molecule has 2 N–H and O–H groups in total. The maximum absolute atomic E-state index is 12.7. The Bertz CT molecular complexity index is 923. The minimum absolute atomic E-state index is 0.112. The van der Waals surface area contributed by atoms with Crippen LogP contribution in [0.2, 0.25) is 0 Å². The van der Waals surface area contributed by atoms with Crippen molar-refractivity contribution >= 4 is 23.9 Å². The molecule has 0 unspecified atom stereocenters. The maximum Gasteiger partial charge on any atom is 0.339 e. The number of hydrogen-bond acceptors (Lipinski definition) is 6. The maximum atomic E-state index is 12.7. The fourth-order valence-corrected chi connectivity index (χ4v) is 5.66. The van der Waals surface area contributed by atoms with E-state index in [1.807, 2.05) is 0 Å². The van der Waals surface area contributed by atoms with Gasteiger partial charge in [-0.2, -0.15) is 0 Å². The standard InChI is InChI=1S/C38H62O8/c1-3-5-7-9-11-13-15-17-19-21-23-25-27-45-37(43)33-29-32(36(41)42)34(30-31(33)35(39)40)38(44)46-28-26-24-22-20-18-16-14-12-10-8-6-4-2/h29-30H,3-28H2,1-2H3,(H,39,40)(H,41,42). The number of aromatic carboxylic acids is 2. The van der Waals surface area contributed by atoms with Crippen molar-refractivity contribution in [3.8, 4) is 0 Å². The number of carbonyl (C=O) groups excluding carboxylic acids is 2. The first kappa shape index (κ1) is 41.1. The number of benzene rings is 1. The largest absolute Gasteiger partial charge is 0.478 e. The normalized spacial score (nSPS) is 11.0. The van der Waals surface area contributed by atoms with Crippen molar-refractivity contribution in [2.24, 2.45) is 0 Å². The number of hydrogen-bond donors (Lipinski definition) is 2. The summed E-state index contributed by atoms with van der Waals surface area (Å²) in [5, 5.41) is 19.5. The smallest absolute Gasteiger partial charge is 0.339 e. The molecule has 1 aromatic rings. The van der Waals surface area contributed by atoms with Gasteiger partial charge in [0.15, 0.2) is 0 Å². The highest BCUT2D eigenvalue weighted by molar-refractivity contribution is 6.09. The predicted molar refractivity (Wildman–Crippen MR) is 183 cm³/mol. The molecule has 0 aliphatic rings. The van der Waals surface area contributed by atoms with Gasteiger partial charge < -0.3 is 19.7 Å². The van der Waals surface area contributed by atoms with Gasteiger partial charge >= 0.3 is 23.9 Å². The van der Waals surface area contributed by atoms with Crippen LogP contribution in [0.1, 0.15) is 209 Å². The number of ether oxygens (including phenoxy) is 2. The molecule has 46 heavy (non-hydrogen) atoms. The van der Waals surface area contributed by atoms with E-state index >= 15 is 0 Å². The Morgan fingerprint density at radius 1 is 0.413 bits per heavy atom. The molecule has 1 rings (SSSR count). The Kier molecular flexibility index (Phi) is 24.3. The van der Waals surface area contributed by atoms with Crippen LogP contribution in [-0.2, 0) is 9.47 Å². The van der Waals surface area contributed by atoms with Crippen molar-refractivity contribution in [2.45, 2.75) is 168 Å². The summed E-state index contributed by atoms with van der Waals surface area (Å²) < 4.78 is 10.6. The van der Waals surface area contributed by atoms with E-state index in [4.69, 9.17) is 9.47 Å². The molecule has 0 saturated heterocycles. The van der Waals surface area contributed by atoms with Crippen LogP contribution in [0, 0.1) is 0 Å². The number of esters is 2. The second-order valence-corrected chi connectivity index (χ2v) is 12.6. The number of unbranched alkanes of at least 4 members (excludes halogenated alkanes) is 22. The van der Waals surface area contributed by atoms with Crippen LogP contribution in [0.25, 0.3) is 0 Å². The molecule has 0 bridgehead atoms. The Balaban J connectivity index is 2.44. The summed E-state index contributed by atoms with van der Waals surface area (Å²) in [6.45, 7) is 4.67. The molecule has 0 aliphatic heterocycles. The molecule has 0 heterocycles. The van der Waals surface area contributed by atoms with E-state index in [9.17, 15) is 29.4 Å². The molecule has 0 saturated carbocycles. The van der Waals surface area contributed by atoms with E-state index in [2.05, 4.69) is 13.8 Å². The highest BCUT2D eigenvalue weighted by atomic mass is 16.5. The van der Waals surface area contributed by atoms with Gasteiger partial charge in [0, 0.05) is 0 Å². The van der Waals surface area contributed by atoms with Crippen molar-refractivity contribution in [3.63, 3.8) is 0 Å². The number of carbonyl (C=O) groups is 4. The lowest BCUT2D eigenvalue weighted by Gasteiger charge is -2.12. The lowest BCUT2D eigenvalue weighted by atomic mass is 9.98. The van der Waals surface area contributed by atoms with E-state index < -0.39 is 35.0 Å². The first-order valence-corrected chi connectivity index (χ1v) is 18.3.